The van der Waals surface area contributed by atoms with Gasteiger partial charge in [-0.3, -0.25) is 4.79 Å². The van der Waals surface area contributed by atoms with Gasteiger partial charge < -0.3 is 9.88 Å². The first-order chi connectivity index (χ1) is 11.1. The Balaban J connectivity index is 2.52. The van der Waals surface area contributed by atoms with E-state index in [9.17, 15) is 13.2 Å². The van der Waals surface area contributed by atoms with Crippen LogP contribution in [0.15, 0.2) is 46.2 Å². The number of rotatable bonds is 8. The molecule has 0 radical (unpaired) electrons. The number of hydrogen-bond donors (Lipinski definition) is 1. The van der Waals surface area contributed by atoms with Crippen LogP contribution in [0.2, 0.25) is 0 Å². The molecule has 0 spiro atoms. The summed E-state index contributed by atoms with van der Waals surface area (Å²) in [6.45, 7) is 4.98. The Labute approximate surface area is 137 Å². The third-order valence-corrected chi connectivity index (χ3v) is 5.68. The van der Waals surface area contributed by atoms with Gasteiger partial charge in [0.25, 0.3) is 0 Å². The maximum absolute atomic E-state index is 12.9. The molecule has 1 aromatic carbocycles. The number of aromatic nitrogens is 1. The number of nitrogens with zero attached hydrogens (tertiary/aromatic N) is 1. The van der Waals surface area contributed by atoms with Gasteiger partial charge in [0.1, 0.15) is 0 Å². The average Bonchev–Trinajstić information content (AvgIpc) is 2.94. The van der Waals surface area contributed by atoms with E-state index in [1.54, 1.807) is 36.4 Å². The Morgan fingerprint density at radius 3 is 2.39 bits per heavy atom. The number of sulfone groups is 1. The molecule has 0 bridgehead atoms. The standard InChI is InChI=1S/C17H22N2O3S/c1-3-14-12-17(16(4-2)19(14)11-10-18-13-20)23(21,22)15-8-6-5-7-9-15/h5-9,12-13H,3-4,10-11H2,1-2H3,(H,18,20). The molecule has 1 heterocycles. The van der Waals surface area contributed by atoms with E-state index in [1.807, 2.05) is 18.4 Å². The minimum atomic E-state index is -3.53. The molecule has 124 valence electrons. The molecule has 0 saturated heterocycles. The molecule has 2 aromatic rings. The highest BCUT2D eigenvalue weighted by Gasteiger charge is 2.25. The first-order valence-corrected chi connectivity index (χ1v) is 9.23. The molecule has 2 rings (SSSR count). The minimum Gasteiger partial charge on any atom is -0.357 e. The van der Waals surface area contributed by atoms with E-state index in [1.165, 1.54) is 0 Å². The Morgan fingerprint density at radius 2 is 1.83 bits per heavy atom. The van der Waals surface area contributed by atoms with Gasteiger partial charge in [0, 0.05) is 24.5 Å². The second kappa shape index (κ2) is 7.46. The summed E-state index contributed by atoms with van der Waals surface area (Å²) in [4.78, 5) is 11.1. The molecule has 0 aliphatic carbocycles. The number of benzene rings is 1. The Kier molecular flexibility index (Phi) is 5.60. The monoisotopic (exact) mass is 334 g/mol. The molecule has 6 heteroatoms. The normalized spacial score (nSPS) is 11.4. The summed E-state index contributed by atoms with van der Waals surface area (Å²) >= 11 is 0. The van der Waals surface area contributed by atoms with Crippen molar-refractivity contribution in [1.82, 2.24) is 9.88 Å². The van der Waals surface area contributed by atoms with Crippen LogP contribution in [-0.2, 0) is 34.0 Å². The van der Waals surface area contributed by atoms with Crippen LogP contribution in [0.3, 0.4) is 0 Å². The fourth-order valence-corrected chi connectivity index (χ4v) is 4.38. The number of nitrogens with one attached hydrogen (secondary N) is 1. The van der Waals surface area contributed by atoms with Gasteiger partial charge in [-0.15, -0.1) is 0 Å². The lowest BCUT2D eigenvalue weighted by Gasteiger charge is -2.12. The lowest BCUT2D eigenvalue weighted by Crippen LogP contribution is -2.20. The molecule has 1 aromatic heterocycles. The predicted molar refractivity (Wildman–Crippen MR) is 89.1 cm³/mol. The summed E-state index contributed by atoms with van der Waals surface area (Å²) < 4.78 is 27.9. The lowest BCUT2D eigenvalue weighted by atomic mass is 10.3. The first kappa shape index (κ1) is 17.3. The number of hydrogen-bond acceptors (Lipinski definition) is 3. The van der Waals surface area contributed by atoms with Crippen molar-refractivity contribution in [2.45, 2.75) is 43.0 Å². The van der Waals surface area contributed by atoms with Gasteiger partial charge in [0.2, 0.25) is 16.2 Å². The van der Waals surface area contributed by atoms with Gasteiger partial charge >= 0.3 is 0 Å². The van der Waals surface area contributed by atoms with Crippen molar-refractivity contribution in [2.24, 2.45) is 0 Å². The van der Waals surface area contributed by atoms with Crippen LogP contribution in [0, 0.1) is 0 Å². The number of carbonyl (C=O) groups is 1. The molecular formula is C17H22N2O3S. The van der Waals surface area contributed by atoms with Gasteiger partial charge in [-0.05, 0) is 31.0 Å². The maximum atomic E-state index is 12.9. The summed E-state index contributed by atoms with van der Waals surface area (Å²) in [6, 6.07) is 10.3. The van der Waals surface area contributed by atoms with Crippen molar-refractivity contribution >= 4 is 16.2 Å². The van der Waals surface area contributed by atoms with Crippen LogP contribution in [0.1, 0.15) is 25.2 Å². The van der Waals surface area contributed by atoms with E-state index in [4.69, 9.17) is 0 Å². The van der Waals surface area contributed by atoms with E-state index in [-0.39, 0.29) is 0 Å². The maximum Gasteiger partial charge on any atom is 0.208 e. The van der Waals surface area contributed by atoms with Gasteiger partial charge in [0.05, 0.1) is 9.79 Å². The summed E-state index contributed by atoms with van der Waals surface area (Å²) in [6.07, 6.45) is 2.00. The molecule has 0 atom stereocenters. The molecule has 23 heavy (non-hydrogen) atoms. The van der Waals surface area contributed by atoms with Gasteiger partial charge in [0.15, 0.2) is 0 Å². The fourth-order valence-electron chi connectivity index (χ4n) is 2.75. The Hall–Kier alpha value is -2.08. The predicted octanol–water partition coefficient (Wildman–Crippen LogP) is 2.19. The van der Waals surface area contributed by atoms with Crippen LogP contribution >= 0.6 is 0 Å². The summed E-state index contributed by atoms with van der Waals surface area (Å²) in [5, 5.41) is 2.63. The van der Waals surface area contributed by atoms with Crippen LogP contribution < -0.4 is 5.32 Å². The van der Waals surface area contributed by atoms with Crippen molar-refractivity contribution in [3.05, 3.63) is 47.8 Å². The van der Waals surface area contributed by atoms with E-state index in [0.717, 1.165) is 17.8 Å². The number of aryl methyl sites for hydroxylation is 1. The SMILES string of the molecule is CCc1cc(S(=O)(=O)c2ccccc2)c(CC)n1CCNC=O. The quantitative estimate of drug-likeness (QED) is 0.594. The minimum absolute atomic E-state index is 0.306. The third kappa shape index (κ3) is 3.47. The molecule has 0 aliphatic heterocycles. The van der Waals surface area contributed by atoms with Crippen LogP contribution in [0.5, 0.6) is 0 Å². The largest absolute Gasteiger partial charge is 0.357 e. The van der Waals surface area contributed by atoms with E-state index in [0.29, 0.717) is 35.7 Å². The zero-order valence-electron chi connectivity index (χ0n) is 13.5. The molecule has 0 unspecified atom stereocenters. The molecule has 0 saturated carbocycles. The highest BCUT2D eigenvalue weighted by molar-refractivity contribution is 7.91. The smallest absolute Gasteiger partial charge is 0.208 e. The van der Waals surface area contributed by atoms with Crippen LogP contribution in [0.25, 0.3) is 0 Å². The van der Waals surface area contributed by atoms with Crippen molar-refractivity contribution in [2.75, 3.05) is 6.54 Å². The molecule has 1 N–H and O–H groups in total. The second-order valence-electron chi connectivity index (χ2n) is 5.19. The van der Waals surface area contributed by atoms with Crippen molar-refractivity contribution in [1.29, 1.82) is 0 Å². The first-order valence-electron chi connectivity index (χ1n) is 7.74. The van der Waals surface area contributed by atoms with Crippen LogP contribution in [-0.4, -0.2) is 25.9 Å². The summed E-state index contributed by atoms with van der Waals surface area (Å²) in [5.74, 6) is 0. The van der Waals surface area contributed by atoms with Gasteiger partial charge in [-0.1, -0.05) is 32.0 Å². The highest BCUT2D eigenvalue weighted by Crippen LogP contribution is 2.28. The fraction of sp³-hybridized carbons (Fsp3) is 0.353. The van der Waals surface area contributed by atoms with Crippen molar-refractivity contribution in [3.8, 4) is 0 Å². The van der Waals surface area contributed by atoms with Crippen molar-refractivity contribution in [3.63, 3.8) is 0 Å². The average molecular weight is 334 g/mol. The lowest BCUT2D eigenvalue weighted by molar-refractivity contribution is -0.109. The summed E-state index contributed by atoms with van der Waals surface area (Å²) in [5.41, 5.74) is 1.75. The van der Waals surface area contributed by atoms with E-state index in [2.05, 4.69) is 5.32 Å². The Bertz CT molecular complexity index is 765. The summed E-state index contributed by atoms with van der Waals surface area (Å²) in [7, 11) is -3.53. The second-order valence-corrected chi connectivity index (χ2v) is 7.11. The van der Waals surface area contributed by atoms with E-state index >= 15 is 0 Å². The number of carbonyl (C=O) groups excluding carboxylic acids is 1. The highest BCUT2D eigenvalue weighted by atomic mass is 32.2. The van der Waals surface area contributed by atoms with Gasteiger partial charge in [-0.25, -0.2) is 8.42 Å². The zero-order valence-corrected chi connectivity index (χ0v) is 14.3. The molecule has 0 aliphatic rings. The third-order valence-electron chi connectivity index (χ3n) is 3.86. The Morgan fingerprint density at radius 1 is 1.13 bits per heavy atom. The van der Waals surface area contributed by atoms with E-state index < -0.39 is 9.84 Å². The topological polar surface area (TPSA) is 68.2 Å². The van der Waals surface area contributed by atoms with Gasteiger partial charge in [-0.2, -0.15) is 0 Å². The zero-order chi connectivity index (χ0) is 16.9. The molecular weight excluding hydrogens is 312 g/mol. The van der Waals surface area contributed by atoms with Crippen molar-refractivity contribution < 1.29 is 13.2 Å². The molecule has 5 nitrogen and oxygen atoms in total. The number of amides is 1. The van der Waals surface area contributed by atoms with Crippen LogP contribution in [0.4, 0.5) is 0 Å². The molecule has 1 amide bonds. The molecule has 0 fully saturated rings.